The molecule has 0 bridgehead atoms. The Morgan fingerprint density at radius 3 is 1.31 bits per heavy atom. The highest BCUT2D eigenvalue weighted by molar-refractivity contribution is 5.90. The van der Waals surface area contributed by atoms with Crippen LogP contribution < -0.4 is 35.3 Å². The van der Waals surface area contributed by atoms with Crippen molar-refractivity contribution in [2.75, 3.05) is 26.3 Å². The number of nitrogens with one attached hydrogen (secondary N) is 2. The molecule has 4 amide bonds. The van der Waals surface area contributed by atoms with E-state index in [1.54, 1.807) is 11.8 Å². The summed E-state index contributed by atoms with van der Waals surface area (Å²) in [5.74, 6) is 2.32. The molecule has 2 aliphatic heterocycles. The molecular formula is C59H79N5O8. The van der Waals surface area contributed by atoms with E-state index >= 15 is 0 Å². The quantitative estimate of drug-likeness (QED) is 0.0654. The van der Waals surface area contributed by atoms with Gasteiger partial charge in [0, 0.05) is 18.8 Å². The van der Waals surface area contributed by atoms with Crippen molar-refractivity contribution in [3.63, 3.8) is 0 Å². The molecule has 13 nitrogen and oxygen atoms in total. The highest BCUT2D eigenvalue weighted by Gasteiger charge is 2.41. The molecule has 0 saturated carbocycles. The van der Waals surface area contributed by atoms with Gasteiger partial charge in [0.15, 0.2) is 0 Å². The summed E-state index contributed by atoms with van der Waals surface area (Å²) in [7, 11) is 0. The molecule has 4 aromatic rings. The maximum Gasteiger partial charge on any atom is 0.246 e. The maximum atomic E-state index is 13.7. The molecule has 2 aliphatic rings. The Morgan fingerprint density at radius 2 is 0.944 bits per heavy atom. The Hall–Kier alpha value is -6.60. The lowest BCUT2D eigenvalue weighted by Crippen LogP contribution is -2.55. The van der Waals surface area contributed by atoms with Gasteiger partial charge in [0.05, 0.1) is 31.2 Å². The van der Waals surface area contributed by atoms with Crippen LogP contribution in [0.1, 0.15) is 86.3 Å². The van der Waals surface area contributed by atoms with Crippen molar-refractivity contribution < 1.29 is 38.1 Å². The molecular weight excluding hydrogens is 907 g/mol. The topological polar surface area (TPSA) is 162 Å². The second-order valence-electron chi connectivity index (χ2n) is 19.5. The summed E-state index contributed by atoms with van der Waals surface area (Å²) in [6.45, 7) is 18.9. The third kappa shape index (κ3) is 16.8. The first-order chi connectivity index (χ1) is 34.6. The Morgan fingerprint density at radius 1 is 0.569 bits per heavy atom. The fourth-order valence-electron chi connectivity index (χ4n) is 8.64. The number of carbonyl (C=O) groups is 4. The Labute approximate surface area is 428 Å². The third-order valence-corrected chi connectivity index (χ3v) is 12.8. The van der Waals surface area contributed by atoms with Gasteiger partial charge in [-0.2, -0.15) is 0 Å². The van der Waals surface area contributed by atoms with Crippen molar-refractivity contribution in [3.8, 4) is 23.0 Å². The van der Waals surface area contributed by atoms with E-state index in [1.807, 2.05) is 168 Å². The van der Waals surface area contributed by atoms with E-state index in [4.69, 9.17) is 24.7 Å². The summed E-state index contributed by atoms with van der Waals surface area (Å²) in [5.41, 5.74) is 8.07. The van der Waals surface area contributed by atoms with Crippen molar-refractivity contribution in [1.29, 1.82) is 0 Å². The van der Waals surface area contributed by atoms with Gasteiger partial charge in [0.2, 0.25) is 23.6 Å². The fourth-order valence-corrected chi connectivity index (χ4v) is 8.64. The molecule has 4 aromatic carbocycles. The van der Waals surface area contributed by atoms with E-state index in [2.05, 4.69) is 36.6 Å². The first kappa shape index (κ1) is 56.3. The predicted octanol–water partition coefficient (Wildman–Crippen LogP) is 8.75. The molecule has 2 heterocycles. The maximum absolute atomic E-state index is 13.7. The number of benzene rings is 4. The monoisotopic (exact) mass is 986 g/mol. The summed E-state index contributed by atoms with van der Waals surface area (Å²) >= 11 is 0. The average molecular weight is 986 g/mol. The van der Waals surface area contributed by atoms with Crippen molar-refractivity contribution in [3.05, 3.63) is 145 Å². The summed E-state index contributed by atoms with van der Waals surface area (Å²) in [4.78, 5) is 55.7. The van der Waals surface area contributed by atoms with E-state index in [0.717, 1.165) is 41.4 Å². The molecule has 7 atom stereocenters. The van der Waals surface area contributed by atoms with Gasteiger partial charge in [-0.05, 0) is 91.3 Å². The van der Waals surface area contributed by atoms with E-state index in [1.165, 1.54) is 5.56 Å². The SMILES string of the molecule is CCc1ccccc1OC/C=C/[C@@H]1C[C@H](Oc2ccccc2)CN1C(=O)[C@@H](NC(=O)C(C)C)C(C)C.CCc1ccccc1OC/C=C/[C@@H]1C[C@H](Oc2ccccc2)CN1C(=O)[C@@H](NC(=O)[C@H](C)N)C(C)C. The number of amides is 4. The van der Waals surface area contributed by atoms with E-state index in [0.29, 0.717) is 39.1 Å². The smallest absolute Gasteiger partial charge is 0.246 e. The van der Waals surface area contributed by atoms with Crippen LogP contribution in [0, 0.1) is 17.8 Å². The molecule has 0 unspecified atom stereocenters. The molecule has 0 radical (unpaired) electrons. The van der Waals surface area contributed by atoms with Crippen LogP contribution in [0.4, 0.5) is 0 Å². The molecule has 0 aromatic heterocycles. The van der Waals surface area contributed by atoms with Crippen LogP contribution in [0.25, 0.3) is 0 Å². The van der Waals surface area contributed by atoms with Crippen LogP contribution in [0.15, 0.2) is 133 Å². The number of hydrogen-bond donors (Lipinski definition) is 3. The lowest BCUT2D eigenvalue weighted by atomic mass is 10.0. The molecule has 2 saturated heterocycles. The Balaban J connectivity index is 0.000000267. The summed E-state index contributed by atoms with van der Waals surface area (Å²) in [5, 5.41) is 5.79. The molecule has 6 rings (SSSR count). The average Bonchev–Trinajstić information content (AvgIpc) is 3.98. The molecule has 13 heteroatoms. The molecule has 72 heavy (non-hydrogen) atoms. The lowest BCUT2D eigenvalue weighted by Gasteiger charge is -2.30. The second kappa shape index (κ2) is 28.4. The summed E-state index contributed by atoms with van der Waals surface area (Å²) in [6.07, 6.45) is 10.8. The highest BCUT2D eigenvalue weighted by atomic mass is 16.5. The normalized spacial score (nSPS) is 19.0. The van der Waals surface area contributed by atoms with Crippen molar-refractivity contribution >= 4 is 23.6 Å². The van der Waals surface area contributed by atoms with E-state index in [-0.39, 0.29) is 65.7 Å². The van der Waals surface area contributed by atoms with Gasteiger partial charge in [0.25, 0.3) is 0 Å². The minimum Gasteiger partial charge on any atom is -0.489 e. The van der Waals surface area contributed by atoms with Gasteiger partial charge in [-0.15, -0.1) is 0 Å². The fraction of sp³-hybridized carbons (Fsp3) is 0.458. The van der Waals surface area contributed by atoms with Gasteiger partial charge in [-0.1, -0.05) is 140 Å². The second-order valence-corrected chi connectivity index (χ2v) is 19.5. The van der Waals surface area contributed by atoms with Gasteiger partial charge >= 0.3 is 0 Å². The number of para-hydroxylation sites is 4. The van der Waals surface area contributed by atoms with Crippen LogP contribution >= 0.6 is 0 Å². The van der Waals surface area contributed by atoms with E-state index in [9.17, 15) is 19.2 Å². The lowest BCUT2D eigenvalue weighted by molar-refractivity contribution is -0.138. The van der Waals surface area contributed by atoms with Crippen LogP contribution in [-0.4, -0.2) is 102 Å². The number of aryl methyl sites for hydroxylation is 2. The molecule has 0 aliphatic carbocycles. The van der Waals surface area contributed by atoms with Gasteiger partial charge in [-0.3, -0.25) is 19.2 Å². The number of nitrogens with two attached hydrogens (primary N) is 1. The van der Waals surface area contributed by atoms with Crippen LogP contribution in [0.3, 0.4) is 0 Å². The molecule has 388 valence electrons. The number of carbonyl (C=O) groups excluding carboxylic acids is 4. The Bertz CT molecular complexity index is 2210. The van der Waals surface area contributed by atoms with Crippen molar-refractivity contribution in [2.24, 2.45) is 23.5 Å². The first-order valence-corrected chi connectivity index (χ1v) is 25.7. The number of likely N-dealkylation sites (tertiary alicyclic amines) is 2. The van der Waals surface area contributed by atoms with Gasteiger partial charge in [0.1, 0.15) is 60.5 Å². The van der Waals surface area contributed by atoms with Crippen LogP contribution in [0.5, 0.6) is 23.0 Å². The van der Waals surface area contributed by atoms with Gasteiger partial charge in [-0.25, -0.2) is 0 Å². The highest BCUT2D eigenvalue weighted by Crippen LogP contribution is 2.28. The van der Waals surface area contributed by atoms with E-state index < -0.39 is 18.1 Å². The third-order valence-electron chi connectivity index (χ3n) is 12.8. The number of hydrogen-bond acceptors (Lipinski definition) is 9. The van der Waals surface area contributed by atoms with Crippen LogP contribution in [0.2, 0.25) is 0 Å². The standard InChI is InChI=1S/C30H40N2O4.C29H39N3O4/c1-6-23-13-10-11-17-27(23)35-18-12-14-24-19-26(36-25-15-8-7-9-16-25)20-32(24)30(34)28(21(2)3)31-29(33)22(4)5;1-5-22-12-9-10-16-26(22)35-17-11-13-23-18-25(36-24-14-7-6-8-15-24)19-32(23)29(34)27(20(2)3)31-28(33)21(4)30/h7-17,21-22,24,26,28H,6,18-20H2,1-5H3,(H,31,33);6-16,20-21,23,25,27H,5,17-19,30H2,1-4H3,(H,31,33)/b14-12+;13-11+/t24-,26+,28+;21-,23+,25-,27-/m10/s1. The molecule has 2 fully saturated rings. The number of nitrogens with zero attached hydrogens (tertiary/aromatic N) is 2. The largest absolute Gasteiger partial charge is 0.489 e. The molecule has 0 spiro atoms. The number of ether oxygens (including phenoxy) is 4. The van der Waals surface area contributed by atoms with Crippen molar-refractivity contribution in [1.82, 2.24) is 20.4 Å². The minimum absolute atomic E-state index is 0.0344. The molecule has 4 N–H and O–H groups in total. The Kier molecular flexibility index (Phi) is 22.2. The zero-order chi connectivity index (χ0) is 52.2. The minimum atomic E-state index is -0.689. The van der Waals surface area contributed by atoms with Gasteiger partial charge < -0.3 is 45.1 Å². The van der Waals surface area contributed by atoms with Crippen LogP contribution in [-0.2, 0) is 32.0 Å². The predicted molar refractivity (Wildman–Crippen MR) is 285 cm³/mol. The summed E-state index contributed by atoms with van der Waals surface area (Å²) in [6, 6.07) is 33.1. The number of rotatable bonds is 22. The first-order valence-electron chi connectivity index (χ1n) is 25.7. The summed E-state index contributed by atoms with van der Waals surface area (Å²) < 4.78 is 24.4. The zero-order valence-corrected chi connectivity index (χ0v) is 43.9. The van der Waals surface area contributed by atoms with Crippen molar-refractivity contribution in [2.45, 2.75) is 130 Å². The zero-order valence-electron chi connectivity index (χ0n) is 43.9.